The molecule has 0 unspecified atom stereocenters. The number of nitrogens with zero attached hydrogens (tertiary/aromatic N) is 4. The zero-order valence-electron chi connectivity index (χ0n) is 14.9. The first kappa shape index (κ1) is 19.8. The summed E-state index contributed by atoms with van der Waals surface area (Å²) in [6.45, 7) is 1.19. The molecule has 1 aromatic rings. The largest absolute Gasteiger partial charge is 0.456 e. The first-order valence-electron chi connectivity index (χ1n) is 9.09. The average Bonchev–Trinajstić information content (AvgIpc) is 3.07. The minimum atomic E-state index is -0.361. The maximum atomic E-state index is 11.9. The number of esters is 1. The zero-order valence-corrected chi connectivity index (χ0v) is 14.9. The van der Waals surface area contributed by atoms with Crippen molar-refractivity contribution in [1.82, 2.24) is 30.8 Å². The number of nitrogens with one attached hydrogen (secondary N) is 2. The molecule has 1 aliphatic heterocycles. The fourth-order valence-electron chi connectivity index (χ4n) is 2.58. The standard InChI is InChI=1S/C16H26N6O4/c23-14-7-3-1-5-9-17-15(24)12-26-16(25)8-4-2-6-10-22-13(11-18-14)19-20-21-22/h1-12H2,(H,17,24)(H,18,23). The molecule has 0 atom stereocenters. The molecule has 26 heavy (non-hydrogen) atoms. The predicted octanol–water partition coefficient (Wildman–Crippen LogP) is 0.0831. The maximum Gasteiger partial charge on any atom is 0.306 e. The van der Waals surface area contributed by atoms with Crippen LogP contribution in [0.4, 0.5) is 0 Å². The molecule has 0 bridgehead atoms. The van der Waals surface area contributed by atoms with Gasteiger partial charge in [-0.3, -0.25) is 14.4 Å². The van der Waals surface area contributed by atoms with Gasteiger partial charge in [0.1, 0.15) is 0 Å². The van der Waals surface area contributed by atoms with E-state index in [2.05, 4.69) is 26.2 Å². The quantitative estimate of drug-likeness (QED) is 0.622. The Balaban J connectivity index is 1.84. The minimum absolute atomic E-state index is 0.0371. The van der Waals surface area contributed by atoms with Crippen molar-refractivity contribution in [3.05, 3.63) is 5.82 Å². The molecule has 2 rings (SSSR count). The maximum absolute atomic E-state index is 11.9. The van der Waals surface area contributed by atoms with Crippen LogP contribution >= 0.6 is 0 Å². The lowest BCUT2D eigenvalue weighted by Crippen LogP contribution is -2.29. The molecule has 0 radical (unpaired) electrons. The normalized spacial score (nSPS) is 19.6. The molecule has 0 aromatic carbocycles. The summed E-state index contributed by atoms with van der Waals surface area (Å²) in [5.74, 6) is -0.0723. The number of cyclic esters (lactones) is 1. The Hall–Kier alpha value is -2.52. The second-order valence-corrected chi connectivity index (χ2v) is 6.23. The van der Waals surface area contributed by atoms with E-state index in [-0.39, 0.29) is 30.8 Å². The summed E-state index contributed by atoms with van der Waals surface area (Å²) in [4.78, 5) is 35.1. The SMILES string of the molecule is O=C1CCCCCNC(=O)COC(=O)CCCCCn2nnnc2CN1. The summed E-state index contributed by atoms with van der Waals surface area (Å²) >= 11 is 0. The second kappa shape index (κ2) is 11.2. The van der Waals surface area contributed by atoms with E-state index in [1.165, 1.54) is 0 Å². The van der Waals surface area contributed by atoms with E-state index in [0.29, 0.717) is 38.3 Å². The van der Waals surface area contributed by atoms with E-state index in [1.807, 2.05) is 0 Å². The topological polar surface area (TPSA) is 128 Å². The van der Waals surface area contributed by atoms with Crippen molar-refractivity contribution in [2.75, 3.05) is 13.2 Å². The van der Waals surface area contributed by atoms with Gasteiger partial charge < -0.3 is 15.4 Å². The number of aromatic nitrogens is 4. The molecule has 2 N–H and O–H groups in total. The molecule has 2 amide bonds. The van der Waals surface area contributed by atoms with Gasteiger partial charge in [0.25, 0.3) is 5.91 Å². The number of hydrogen-bond acceptors (Lipinski definition) is 7. The summed E-state index contributed by atoms with van der Waals surface area (Å²) in [6, 6.07) is 0. The van der Waals surface area contributed by atoms with Crippen molar-refractivity contribution in [3.63, 3.8) is 0 Å². The smallest absolute Gasteiger partial charge is 0.306 e. The zero-order chi connectivity index (χ0) is 18.6. The van der Waals surface area contributed by atoms with E-state index in [1.54, 1.807) is 4.68 Å². The van der Waals surface area contributed by atoms with Crippen molar-refractivity contribution in [3.8, 4) is 0 Å². The van der Waals surface area contributed by atoms with E-state index < -0.39 is 0 Å². The van der Waals surface area contributed by atoms with Gasteiger partial charge in [-0.2, -0.15) is 0 Å². The number of carbonyl (C=O) groups excluding carboxylic acids is 3. The number of carbonyl (C=O) groups is 3. The van der Waals surface area contributed by atoms with Crippen LogP contribution in [0.1, 0.15) is 57.2 Å². The van der Waals surface area contributed by atoms with Gasteiger partial charge in [0.15, 0.2) is 12.4 Å². The molecular formula is C16H26N6O4. The van der Waals surface area contributed by atoms with Crippen molar-refractivity contribution >= 4 is 17.8 Å². The molecule has 1 aromatic heterocycles. The van der Waals surface area contributed by atoms with Gasteiger partial charge in [-0.15, -0.1) is 5.10 Å². The Morgan fingerprint density at radius 2 is 1.69 bits per heavy atom. The average molecular weight is 366 g/mol. The van der Waals surface area contributed by atoms with Gasteiger partial charge in [0, 0.05) is 25.9 Å². The highest BCUT2D eigenvalue weighted by atomic mass is 16.5. The van der Waals surface area contributed by atoms with Crippen LogP contribution in [0, 0.1) is 0 Å². The lowest BCUT2D eigenvalue weighted by Gasteiger charge is -2.08. The van der Waals surface area contributed by atoms with Crippen molar-refractivity contribution in [1.29, 1.82) is 0 Å². The van der Waals surface area contributed by atoms with E-state index in [9.17, 15) is 14.4 Å². The summed E-state index contributed by atoms with van der Waals surface area (Å²) in [5, 5.41) is 17.0. The lowest BCUT2D eigenvalue weighted by molar-refractivity contribution is -0.148. The highest BCUT2D eigenvalue weighted by molar-refractivity contribution is 5.80. The lowest BCUT2D eigenvalue weighted by atomic mass is 10.2. The molecule has 10 heteroatoms. The van der Waals surface area contributed by atoms with Crippen LogP contribution < -0.4 is 10.6 Å². The van der Waals surface area contributed by atoms with Crippen LogP contribution in [0.3, 0.4) is 0 Å². The molecule has 0 spiro atoms. The molecule has 0 aliphatic carbocycles. The monoisotopic (exact) mass is 366 g/mol. The van der Waals surface area contributed by atoms with Crippen LogP contribution in [0.15, 0.2) is 0 Å². The van der Waals surface area contributed by atoms with Crippen LogP contribution in [-0.4, -0.2) is 51.1 Å². The van der Waals surface area contributed by atoms with Crippen LogP contribution in [0.2, 0.25) is 0 Å². The van der Waals surface area contributed by atoms with Gasteiger partial charge in [0.2, 0.25) is 5.91 Å². The van der Waals surface area contributed by atoms with Crippen LogP contribution in [0.5, 0.6) is 0 Å². The van der Waals surface area contributed by atoms with Gasteiger partial charge >= 0.3 is 5.97 Å². The Kier molecular flexibility index (Phi) is 8.50. The van der Waals surface area contributed by atoms with Crippen molar-refractivity contribution < 1.29 is 19.1 Å². The number of hydrogen-bond donors (Lipinski definition) is 2. The number of aryl methyl sites for hydroxylation is 1. The summed E-state index contributed by atoms with van der Waals surface area (Å²) in [5.41, 5.74) is 0. The Morgan fingerprint density at radius 1 is 0.885 bits per heavy atom. The van der Waals surface area contributed by atoms with Crippen molar-refractivity contribution in [2.45, 2.75) is 64.5 Å². The molecule has 0 saturated heterocycles. The van der Waals surface area contributed by atoms with Crippen molar-refractivity contribution in [2.24, 2.45) is 0 Å². The highest BCUT2D eigenvalue weighted by Crippen LogP contribution is 2.05. The third-order valence-electron chi connectivity index (χ3n) is 4.07. The van der Waals surface area contributed by atoms with Crippen LogP contribution in [-0.2, 0) is 32.2 Å². The number of fused-ring (bicyclic) bond motifs is 1. The first-order chi connectivity index (χ1) is 12.6. The summed E-state index contributed by atoms with van der Waals surface area (Å²) in [6.07, 6.45) is 5.33. The molecule has 0 saturated carbocycles. The van der Waals surface area contributed by atoms with Gasteiger partial charge in [0.05, 0.1) is 6.54 Å². The number of amides is 2. The number of rotatable bonds is 0. The first-order valence-corrected chi connectivity index (χ1v) is 9.09. The van der Waals surface area contributed by atoms with Gasteiger partial charge in [-0.1, -0.05) is 12.8 Å². The highest BCUT2D eigenvalue weighted by Gasteiger charge is 2.10. The summed E-state index contributed by atoms with van der Waals surface area (Å²) in [7, 11) is 0. The molecule has 144 valence electrons. The second-order valence-electron chi connectivity index (χ2n) is 6.23. The third-order valence-corrected chi connectivity index (χ3v) is 4.07. The fourth-order valence-corrected chi connectivity index (χ4v) is 2.58. The van der Waals surface area contributed by atoms with E-state index in [4.69, 9.17) is 4.74 Å². The Bertz CT molecular complexity index is 603. The molecule has 1 aliphatic rings. The Morgan fingerprint density at radius 3 is 2.58 bits per heavy atom. The van der Waals surface area contributed by atoms with E-state index in [0.717, 1.165) is 32.1 Å². The molecular weight excluding hydrogens is 340 g/mol. The third kappa shape index (κ3) is 7.58. The molecule has 0 fully saturated rings. The minimum Gasteiger partial charge on any atom is -0.456 e. The fraction of sp³-hybridized carbons (Fsp3) is 0.750. The van der Waals surface area contributed by atoms with Crippen LogP contribution in [0.25, 0.3) is 0 Å². The Labute approximate surface area is 152 Å². The summed E-state index contributed by atoms with van der Waals surface area (Å²) < 4.78 is 6.62. The van der Waals surface area contributed by atoms with E-state index >= 15 is 0 Å². The van der Waals surface area contributed by atoms with Gasteiger partial charge in [-0.05, 0) is 36.1 Å². The number of tetrazole rings is 1. The molecule has 2 heterocycles. The number of ether oxygens (including phenoxy) is 1. The predicted molar refractivity (Wildman–Crippen MR) is 90.6 cm³/mol. The van der Waals surface area contributed by atoms with Gasteiger partial charge in [-0.25, -0.2) is 4.68 Å². The molecule has 10 nitrogen and oxygen atoms in total.